The second-order valence-corrected chi connectivity index (χ2v) is 6.21. The first kappa shape index (κ1) is 16.5. The number of carbonyl (C=O) groups is 1. The van der Waals surface area contributed by atoms with Gasteiger partial charge in [-0.05, 0) is 36.6 Å². The predicted octanol–water partition coefficient (Wildman–Crippen LogP) is 0.227. The molecule has 1 aromatic heterocycles. The van der Waals surface area contributed by atoms with Crippen molar-refractivity contribution in [3.05, 3.63) is 29.8 Å². The molecule has 2 heterocycles. The molecule has 0 saturated carbocycles. The van der Waals surface area contributed by atoms with Crippen LogP contribution in [0.4, 0.5) is 0 Å². The molecule has 8 heteroatoms. The topological polar surface area (TPSA) is 104 Å². The summed E-state index contributed by atoms with van der Waals surface area (Å²) in [6.07, 6.45) is 1.56. The molecule has 1 aromatic carbocycles. The normalized spacial score (nSPS) is 21.5. The molecule has 1 saturated heterocycles. The molecule has 0 bridgehead atoms. The highest BCUT2D eigenvalue weighted by Gasteiger charge is 2.31. The van der Waals surface area contributed by atoms with Crippen molar-refractivity contribution in [1.82, 2.24) is 25.1 Å². The molecule has 1 aliphatic rings. The number of hydrogen-bond donors (Lipinski definition) is 2. The average molecular weight is 331 g/mol. The zero-order chi connectivity index (χ0) is 17.2. The van der Waals surface area contributed by atoms with Crippen LogP contribution in [0.3, 0.4) is 0 Å². The molecule has 2 N–H and O–H groups in total. The first-order chi connectivity index (χ1) is 11.5. The van der Waals surface area contributed by atoms with Crippen molar-refractivity contribution >= 4 is 5.91 Å². The molecule has 1 amide bonds. The molecule has 1 atom stereocenters. The van der Waals surface area contributed by atoms with E-state index in [1.165, 1.54) is 4.80 Å². The van der Waals surface area contributed by atoms with Gasteiger partial charge in [0.25, 0.3) is 5.91 Å². The van der Waals surface area contributed by atoms with Gasteiger partial charge in [-0.1, -0.05) is 12.1 Å². The zero-order valence-corrected chi connectivity index (χ0v) is 13.6. The van der Waals surface area contributed by atoms with Crippen molar-refractivity contribution < 1.29 is 15.0 Å². The van der Waals surface area contributed by atoms with Crippen LogP contribution in [0.15, 0.2) is 24.3 Å². The highest BCUT2D eigenvalue weighted by atomic mass is 16.3. The van der Waals surface area contributed by atoms with Gasteiger partial charge in [-0.2, -0.15) is 4.80 Å². The van der Waals surface area contributed by atoms with E-state index in [0.717, 1.165) is 5.56 Å². The van der Waals surface area contributed by atoms with E-state index < -0.39 is 5.60 Å². The first-order valence-electron chi connectivity index (χ1n) is 7.98. The van der Waals surface area contributed by atoms with Crippen LogP contribution in [0, 0.1) is 0 Å². The third-order valence-corrected chi connectivity index (χ3v) is 4.40. The molecule has 0 radical (unpaired) electrons. The quantitative estimate of drug-likeness (QED) is 0.834. The number of aromatic nitrogens is 4. The van der Waals surface area contributed by atoms with E-state index in [0.29, 0.717) is 43.7 Å². The van der Waals surface area contributed by atoms with Crippen LogP contribution in [-0.4, -0.2) is 66.5 Å². The van der Waals surface area contributed by atoms with Gasteiger partial charge in [0.15, 0.2) is 0 Å². The Hall–Kier alpha value is -2.32. The number of nitrogens with zero attached hydrogens (tertiary/aromatic N) is 5. The van der Waals surface area contributed by atoms with Crippen LogP contribution < -0.4 is 0 Å². The Morgan fingerprint density at radius 1 is 1.25 bits per heavy atom. The van der Waals surface area contributed by atoms with Gasteiger partial charge in [0.1, 0.15) is 0 Å². The second kappa shape index (κ2) is 6.66. The number of carbonyl (C=O) groups excluding carboxylic acids is 1. The zero-order valence-electron chi connectivity index (χ0n) is 13.6. The Morgan fingerprint density at radius 3 is 2.62 bits per heavy atom. The minimum Gasteiger partial charge on any atom is -0.393 e. The van der Waals surface area contributed by atoms with Gasteiger partial charge >= 0.3 is 0 Å². The summed E-state index contributed by atoms with van der Waals surface area (Å²) in [5.74, 6) is 0.440. The number of hydrogen-bond acceptors (Lipinski definition) is 6. The van der Waals surface area contributed by atoms with Gasteiger partial charge < -0.3 is 15.1 Å². The maximum Gasteiger partial charge on any atom is 0.253 e. The van der Waals surface area contributed by atoms with Gasteiger partial charge in [0.2, 0.25) is 5.82 Å². The van der Waals surface area contributed by atoms with Crippen molar-refractivity contribution in [2.24, 2.45) is 7.05 Å². The fourth-order valence-electron chi connectivity index (χ4n) is 2.88. The Kier molecular flexibility index (Phi) is 4.59. The number of likely N-dealkylation sites (tertiary alicyclic amines) is 1. The minimum atomic E-state index is -1.07. The lowest BCUT2D eigenvalue weighted by Gasteiger charge is -2.24. The van der Waals surface area contributed by atoms with Crippen LogP contribution in [0.1, 0.15) is 29.6 Å². The molecular formula is C16H21N5O3. The molecule has 0 aliphatic carbocycles. The summed E-state index contributed by atoms with van der Waals surface area (Å²) in [6, 6.07) is 7.09. The van der Waals surface area contributed by atoms with Gasteiger partial charge in [-0.15, -0.1) is 10.2 Å². The van der Waals surface area contributed by atoms with E-state index in [2.05, 4.69) is 15.4 Å². The number of rotatable bonds is 3. The maximum absolute atomic E-state index is 12.6. The third kappa shape index (κ3) is 3.44. The Labute approximate surface area is 139 Å². The van der Waals surface area contributed by atoms with Crippen LogP contribution >= 0.6 is 0 Å². The van der Waals surface area contributed by atoms with Gasteiger partial charge in [-0.25, -0.2) is 0 Å². The summed E-state index contributed by atoms with van der Waals surface area (Å²) < 4.78 is 0. The third-order valence-electron chi connectivity index (χ3n) is 4.40. The molecule has 0 unspecified atom stereocenters. The fourth-order valence-corrected chi connectivity index (χ4v) is 2.88. The van der Waals surface area contributed by atoms with Crippen molar-refractivity contribution in [2.75, 3.05) is 19.7 Å². The van der Waals surface area contributed by atoms with Crippen LogP contribution in [-0.2, 0) is 7.05 Å². The molecule has 3 rings (SSSR count). The Morgan fingerprint density at radius 2 is 2.00 bits per heavy atom. The van der Waals surface area contributed by atoms with Gasteiger partial charge in [0.05, 0.1) is 19.3 Å². The molecule has 24 heavy (non-hydrogen) atoms. The largest absolute Gasteiger partial charge is 0.393 e. The van der Waals surface area contributed by atoms with Crippen LogP contribution in [0.25, 0.3) is 11.4 Å². The minimum absolute atomic E-state index is 0.0733. The van der Waals surface area contributed by atoms with E-state index in [4.69, 9.17) is 0 Å². The first-order valence-corrected chi connectivity index (χ1v) is 7.98. The summed E-state index contributed by atoms with van der Waals surface area (Å²) in [7, 11) is 1.70. The molecule has 0 spiro atoms. The molecule has 8 nitrogen and oxygen atoms in total. The monoisotopic (exact) mass is 331 g/mol. The fraction of sp³-hybridized carbons (Fsp3) is 0.500. The van der Waals surface area contributed by atoms with E-state index in [1.807, 2.05) is 0 Å². The van der Waals surface area contributed by atoms with E-state index in [-0.39, 0.29) is 12.5 Å². The molecule has 128 valence electrons. The summed E-state index contributed by atoms with van der Waals surface area (Å²) in [6.45, 7) is 0.743. The number of aliphatic hydroxyl groups excluding tert-OH is 1. The second-order valence-electron chi connectivity index (χ2n) is 6.21. The van der Waals surface area contributed by atoms with Crippen molar-refractivity contribution in [1.29, 1.82) is 0 Å². The lowest BCUT2D eigenvalue weighted by Crippen LogP contribution is -2.36. The predicted molar refractivity (Wildman–Crippen MR) is 86.0 cm³/mol. The number of tetrazole rings is 1. The summed E-state index contributed by atoms with van der Waals surface area (Å²) in [4.78, 5) is 15.7. The SMILES string of the molecule is Cn1nnc(-c2ccc(C(=O)N3CCC[C@](O)(CO)CC3)cc2)n1. The average Bonchev–Trinajstić information content (AvgIpc) is 2.93. The number of aryl methyl sites for hydroxylation is 1. The molecule has 2 aromatic rings. The maximum atomic E-state index is 12.6. The van der Waals surface area contributed by atoms with Crippen LogP contribution in [0.5, 0.6) is 0 Å². The number of benzene rings is 1. The number of amides is 1. The van der Waals surface area contributed by atoms with Crippen LogP contribution in [0.2, 0.25) is 0 Å². The van der Waals surface area contributed by atoms with Crippen molar-refractivity contribution in [3.63, 3.8) is 0 Å². The summed E-state index contributed by atoms with van der Waals surface area (Å²) in [5.41, 5.74) is 0.304. The summed E-state index contributed by atoms with van der Waals surface area (Å²) >= 11 is 0. The van der Waals surface area contributed by atoms with Gasteiger partial charge in [-0.3, -0.25) is 4.79 Å². The molecular weight excluding hydrogens is 310 g/mol. The summed E-state index contributed by atoms with van der Waals surface area (Å²) in [5, 5.41) is 31.3. The van der Waals surface area contributed by atoms with Crippen molar-refractivity contribution in [2.45, 2.75) is 24.9 Å². The van der Waals surface area contributed by atoms with E-state index >= 15 is 0 Å². The highest BCUT2D eigenvalue weighted by Crippen LogP contribution is 2.23. The number of aliphatic hydroxyl groups is 2. The van der Waals surface area contributed by atoms with E-state index in [1.54, 1.807) is 36.2 Å². The van der Waals surface area contributed by atoms with Gasteiger partial charge in [0, 0.05) is 24.2 Å². The van der Waals surface area contributed by atoms with Crippen molar-refractivity contribution in [3.8, 4) is 11.4 Å². The lowest BCUT2D eigenvalue weighted by molar-refractivity contribution is -0.0250. The lowest BCUT2D eigenvalue weighted by atomic mass is 9.96. The molecule has 1 aliphatic heterocycles. The smallest absolute Gasteiger partial charge is 0.253 e. The standard InChI is InChI=1S/C16H21N5O3/c1-20-18-14(17-19-20)12-3-5-13(6-4-12)15(23)21-9-2-7-16(24,11-22)8-10-21/h3-6,22,24H,2,7-11H2,1H3/t16-/m1/s1. The Bertz CT molecular complexity index is 715. The molecule has 1 fully saturated rings. The highest BCUT2D eigenvalue weighted by molar-refractivity contribution is 5.94. The Balaban J connectivity index is 1.71. The van der Waals surface area contributed by atoms with E-state index in [9.17, 15) is 15.0 Å².